The van der Waals surface area contributed by atoms with E-state index in [2.05, 4.69) is 0 Å². The van der Waals surface area contributed by atoms with Gasteiger partial charge in [-0.25, -0.2) is 17.2 Å². The molecular weight excluding hydrogens is 260 g/mol. The second kappa shape index (κ2) is 5.91. The second-order valence-corrected chi connectivity index (χ2v) is 6.39. The molecule has 0 saturated carbocycles. The molecule has 0 unspecified atom stereocenters. The van der Waals surface area contributed by atoms with Gasteiger partial charge in [0.05, 0.1) is 17.1 Å². The van der Waals surface area contributed by atoms with Crippen LogP contribution in [0, 0.1) is 23.0 Å². The van der Waals surface area contributed by atoms with Crippen LogP contribution in [0.25, 0.3) is 0 Å². The summed E-state index contributed by atoms with van der Waals surface area (Å²) in [4.78, 5) is 0. The van der Waals surface area contributed by atoms with Gasteiger partial charge in [-0.05, 0) is 31.0 Å². The topological polar surface area (TPSA) is 57.9 Å². The van der Waals surface area contributed by atoms with Crippen molar-refractivity contribution in [1.82, 2.24) is 0 Å². The zero-order valence-electron chi connectivity index (χ0n) is 9.86. The summed E-state index contributed by atoms with van der Waals surface area (Å²) < 4.78 is 49.5. The molecule has 6 heteroatoms. The number of hydrogen-bond donors (Lipinski definition) is 0. The Bertz CT molecular complexity index is 564. The van der Waals surface area contributed by atoms with E-state index in [1.54, 1.807) is 0 Å². The van der Waals surface area contributed by atoms with E-state index in [0.717, 1.165) is 12.1 Å². The fourth-order valence-corrected chi connectivity index (χ4v) is 2.96. The van der Waals surface area contributed by atoms with Gasteiger partial charge in [0.15, 0.2) is 21.5 Å². The van der Waals surface area contributed by atoms with Gasteiger partial charge >= 0.3 is 0 Å². The molecule has 0 aromatic heterocycles. The number of nitriles is 1. The fourth-order valence-electron chi connectivity index (χ4n) is 1.50. The summed E-state index contributed by atoms with van der Waals surface area (Å²) in [5.41, 5.74) is 0.214. The molecule has 1 aromatic rings. The van der Waals surface area contributed by atoms with Crippen molar-refractivity contribution in [3.05, 3.63) is 35.4 Å². The third-order valence-electron chi connectivity index (χ3n) is 2.67. The van der Waals surface area contributed by atoms with Gasteiger partial charge in [0.1, 0.15) is 0 Å². The smallest absolute Gasteiger partial charge is 0.159 e. The van der Waals surface area contributed by atoms with E-state index in [-0.39, 0.29) is 24.2 Å². The number of sulfone groups is 1. The highest BCUT2D eigenvalue weighted by atomic mass is 32.2. The summed E-state index contributed by atoms with van der Waals surface area (Å²) in [7, 11) is -3.46. The molecule has 0 aliphatic rings. The summed E-state index contributed by atoms with van der Waals surface area (Å²) in [5, 5.41) is 7.44. The van der Waals surface area contributed by atoms with Crippen LogP contribution in [0.5, 0.6) is 0 Å². The third-order valence-corrected chi connectivity index (χ3v) is 4.88. The van der Waals surface area contributed by atoms with E-state index in [1.165, 1.54) is 13.0 Å². The molecule has 0 radical (unpaired) electrons. The molecule has 3 nitrogen and oxygen atoms in total. The highest BCUT2D eigenvalue weighted by Gasteiger charge is 2.23. The molecule has 0 N–H and O–H groups in total. The fraction of sp³-hybridized carbons (Fsp3) is 0.417. The lowest BCUT2D eigenvalue weighted by Crippen LogP contribution is -2.14. The van der Waals surface area contributed by atoms with Crippen molar-refractivity contribution in [2.24, 2.45) is 0 Å². The molecule has 98 valence electrons. The maximum absolute atomic E-state index is 13.0. The minimum Gasteiger partial charge on any atom is -0.228 e. The average Bonchev–Trinajstić information content (AvgIpc) is 2.32. The normalized spacial score (nSPS) is 13.0. The van der Waals surface area contributed by atoms with Crippen LogP contribution in [0.1, 0.15) is 30.6 Å². The Morgan fingerprint density at radius 3 is 2.56 bits per heavy atom. The molecule has 0 bridgehead atoms. The Hall–Kier alpha value is -1.48. The van der Waals surface area contributed by atoms with Gasteiger partial charge in [-0.3, -0.25) is 0 Å². The summed E-state index contributed by atoms with van der Waals surface area (Å²) >= 11 is 0. The summed E-state index contributed by atoms with van der Waals surface area (Å²) in [6.07, 6.45) is 0.399. The molecule has 0 amide bonds. The number of hydrogen-bond acceptors (Lipinski definition) is 3. The first-order valence-corrected chi connectivity index (χ1v) is 7.13. The van der Waals surface area contributed by atoms with Crippen LogP contribution in [0.4, 0.5) is 8.78 Å². The molecule has 1 aromatic carbocycles. The Morgan fingerprint density at radius 1 is 1.33 bits per heavy atom. The van der Waals surface area contributed by atoms with Gasteiger partial charge in [-0.2, -0.15) is 5.26 Å². The Labute approximate surface area is 105 Å². The number of unbranched alkanes of at least 4 members (excludes halogenated alkanes) is 1. The average molecular weight is 273 g/mol. The standard InChI is InChI=1S/C12H13F2NO2S/c1-9(18(16,17)7-3-2-6-15)10-4-5-11(13)12(14)8-10/h4-5,8-9H,2-3,7H2,1H3/t9-/m1/s1. The molecule has 0 fully saturated rings. The first kappa shape index (κ1) is 14.6. The lowest BCUT2D eigenvalue weighted by atomic mass is 10.1. The summed E-state index contributed by atoms with van der Waals surface area (Å²) in [6, 6.07) is 4.92. The Balaban J connectivity index is 2.89. The summed E-state index contributed by atoms with van der Waals surface area (Å²) in [5.74, 6) is -2.21. The van der Waals surface area contributed by atoms with E-state index in [1.807, 2.05) is 6.07 Å². The van der Waals surface area contributed by atoms with Gasteiger partial charge in [-0.15, -0.1) is 0 Å². The summed E-state index contributed by atoms with van der Waals surface area (Å²) in [6.45, 7) is 1.42. The molecule has 0 aliphatic heterocycles. The van der Waals surface area contributed by atoms with Gasteiger partial charge in [0.2, 0.25) is 0 Å². The van der Waals surface area contributed by atoms with Crippen molar-refractivity contribution < 1.29 is 17.2 Å². The Morgan fingerprint density at radius 2 is 2.00 bits per heavy atom. The largest absolute Gasteiger partial charge is 0.228 e. The molecule has 0 heterocycles. The molecule has 0 saturated heterocycles. The van der Waals surface area contributed by atoms with Crippen LogP contribution in [0.3, 0.4) is 0 Å². The van der Waals surface area contributed by atoms with Crippen molar-refractivity contribution >= 4 is 9.84 Å². The van der Waals surface area contributed by atoms with Crippen LogP contribution in [0.2, 0.25) is 0 Å². The quantitative estimate of drug-likeness (QED) is 0.775. The molecular formula is C12H13F2NO2S. The molecule has 0 aliphatic carbocycles. The third kappa shape index (κ3) is 3.50. The van der Waals surface area contributed by atoms with Crippen LogP contribution >= 0.6 is 0 Å². The second-order valence-electron chi connectivity index (χ2n) is 3.94. The predicted octanol–water partition coefficient (Wildman–Crippen LogP) is 2.74. The lowest BCUT2D eigenvalue weighted by molar-refractivity contribution is 0.506. The minimum atomic E-state index is -3.46. The number of rotatable bonds is 5. The highest BCUT2D eigenvalue weighted by molar-refractivity contribution is 7.91. The molecule has 1 atom stereocenters. The van der Waals surface area contributed by atoms with Gasteiger partial charge in [0.25, 0.3) is 0 Å². The number of halogens is 2. The lowest BCUT2D eigenvalue weighted by Gasteiger charge is -2.13. The number of nitrogens with zero attached hydrogens (tertiary/aromatic N) is 1. The van der Waals surface area contributed by atoms with Crippen molar-refractivity contribution in [2.75, 3.05) is 5.75 Å². The van der Waals surface area contributed by atoms with Gasteiger partial charge < -0.3 is 0 Å². The van der Waals surface area contributed by atoms with Crippen LogP contribution in [0.15, 0.2) is 18.2 Å². The van der Waals surface area contributed by atoms with Gasteiger partial charge in [-0.1, -0.05) is 6.07 Å². The highest BCUT2D eigenvalue weighted by Crippen LogP contribution is 2.24. The van der Waals surface area contributed by atoms with E-state index in [4.69, 9.17) is 5.26 Å². The Kier molecular flexibility index (Phi) is 4.79. The number of benzene rings is 1. The molecule has 0 spiro atoms. The SMILES string of the molecule is C[C@H](c1ccc(F)c(F)c1)S(=O)(=O)CCCC#N. The zero-order chi connectivity index (χ0) is 13.8. The van der Waals surface area contributed by atoms with E-state index < -0.39 is 26.7 Å². The van der Waals surface area contributed by atoms with Crippen molar-refractivity contribution in [3.63, 3.8) is 0 Å². The zero-order valence-corrected chi connectivity index (χ0v) is 10.7. The van der Waals surface area contributed by atoms with Crippen molar-refractivity contribution in [2.45, 2.75) is 25.0 Å². The van der Waals surface area contributed by atoms with E-state index in [9.17, 15) is 17.2 Å². The maximum atomic E-state index is 13.0. The monoisotopic (exact) mass is 273 g/mol. The van der Waals surface area contributed by atoms with Crippen LogP contribution in [-0.2, 0) is 9.84 Å². The minimum absolute atomic E-state index is 0.138. The van der Waals surface area contributed by atoms with Crippen LogP contribution in [-0.4, -0.2) is 14.2 Å². The first-order valence-electron chi connectivity index (χ1n) is 5.42. The van der Waals surface area contributed by atoms with Crippen molar-refractivity contribution in [3.8, 4) is 6.07 Å². The van der Waals surface area contributed by atoms with E-state index in [0.29, 0.717) is 0 Å². The maximum Gasteiger partial charge on any atom is 0.159 e. The predicted molar refractivity (Wildman–Crippen MR) is 63.4 cm³/mol. The molecule has 18 heavy (non-hydrogen) atoms. The molecule has 1 rings (SSSR count). The first-order chi connectivity index (χ1) is 8.38. The van der Waals surface area contributed by atoms with E-state index >= 15 is 0 Å². The van der Waals surface area contributed by atoms with Crippen molar-refractivity contribution in [1.29, 1.82) is 5.26 Å². The van der Waals surface area contributed by atoms with Crippen LogP contribution < -0.4 is 0 Å². The van der Waals surface area contributed by atoms with Gasteiger partial charge in [0, 0.05) is 6.42 Å².